The summed E-state index contributed by atoms with van der Waals surface area (Å²) in [6.45, 7) is 1.65. The largest absolute Gasteiger partial charge is 0.508 e. The van der Waals surface area contributed by atoms with Gasteiger partial charge in [-0.1, -0.05) is 84.9 Å². The number of nitrogens with one attached hydrogen (secondary N) is 8. The fraction of sp³-hybridized carbons (Fsp3) is 0.312. The van der Waals surface area contributed by atoms with Crippen molar-refractivity contribution in [2.24, 2.45) is 11.5 Å². The lowest BCUT2D eigenvalue weighted by atomic mass is 10.0. The Hall–Kier alpha value is -8.58. The van der Waals surface area contributed by atoms with E-state index in [4.69, 9.17) is 21.4 Å². The van der Waals surface area contributed by atoms with Crippen LogP contribution in [0.1, 0.15) is 36.1 Å². The van der Waals surface area contributed by atoms with Gasteiger partial charge < -0.3 is 58.7 Å². The second-order valence-electron chi connectivity index (χ2n) is 16.3. The first-order valence-electron chi connectivity index (χ1n) is 22.2. The van der Waals surface area contributed by atoms with Gasteiger partial charge in [0, 0.05) is 12.8 Å². The highest BCUT2D eigenvalue weighted by atomic mass is 19.4. The molecular formula is C48H57F3N10O12. The zero-order valence-corrected chi connectivity index (χ0v) is 39.4. The van der Waals surface area contributed by atoms with E-state index in [1.54, 1.807) is 84.9 Å². The van der Waals surface area contributed by atoms with Crippen LogP contribution in [0, 0.1) is 0 Å². The van der Waals surface area contributed by atoms with Crippen molar-refractivity contribution in [3.63, 3.8) is 0 Å². The van der Waals surface area contributed by atoms with E-state index < -0.39 is 109 Å². The number of hydrogen-bond acceptors (Lipinski definition) is 13. The normalized spacial score (nSPS) is 13.2. The van der Waals surface area contributed by atoms with Crippen LogP contribution in [0.25, 0.3) is 0 Å². The minimum atomic E-state index is -5.08. The second-order valence-corrected chi connectivity index (χ2v) is 16.3. The monoisotopic (exact) mass is 1020 g/mol. The van der Waals surface area contributed by atoms with E-state index >= 15 is 0 Å². The minimum absolute atomic E-state index is 0.0271. The van der Waals surface area contributed by atoms with Gasteiger partial charge >= 0.3 is 12.1 Å². The van der Waals surface area contributed by atoms with E-state index in [0.29, 0.717) is 22.3 Å². The molecule has 0 aliphatic rings. The average Bonchev–Trinajstić information content (AvgIpc) is 3.35. The van der Waals surface area contributed by atoms with Gasteiger partial charge in [0.1, 0.15) is 35.7 Å². The number of carboxylic acids is 1. The molecule has 4 rings (SSSR count). The van der Waals surface area contributed by atoms with E-state index in [1.807, 2.05) is 0 Å². The fourth-order valence-electron chi connectivity index (χ4n) is 6.28. The van der Waals surface area contributed by atoms with Crippen molar-refractivity contribution in [3.05, 3.63) is 131 Å². The van der Waals surface area contributed by atoms with Crippen LogP contribution in [-0.4, -0.2) is 124 Å². The van der Waals surface area contributed by atoms with Gasteiger partial charge in [-0.15, -0.1) is 0 Å². The Labute approximate surface area is 416 Å². The molecule has 0 radical (unpaired) electrons. The van der Waals surface area contributed by atoms with Gasteiger partial charge in [0.05, 0.1) is 25.2 Å². The Kier molecular flexibility index (Phi) is 23.3. The van der Waals surface area contributed by atoms with Crippen molar-refractivity contribution in [2.45, 2.75) is 82.0 Å². The number of rotatable bonds is 22. The van der Waals surface area contributed by atoms with Gasteiger partial charge in [-0.2, -0.15) is 13.2 Å². The van der Waals surface area contributed by atoms with E-state index in [2.05, 4.69) is 42.8 Å². The standard InChI is InChI=1S/C46H56N10O10.C2HF3O2/c1-27(51-43(63)35(47)21-31-13-17-33(57)18-14-31)41(61)49-25-39(59)53-37(23-29-9-5-3-6-10-29)45(65)55-56-46(66)38(24-30-11-7-4-8-12-30)54-40(60)26-50-42(62)28(2)52-44(64)36(48)22-32-15-19-34(58)20-16-32;3-2(4,5)1(6)7/h3-20,27-28,35-38,57-58H,21-26,47-48H2,1-2H3,(H,49,61)(H,50,62)(H,51,63)(H,52,64)(H,53,59)(H,54,60)(H,55,65)(H,56,66);(H,6,7)/t27-,28-,35+,36+,37+,38+;/m1./s1. The van der Waals surface area contributed by atoms with Crippen LogP contribution in [0.2, 0.25) is 0 Å². The second kappa shape index (κ2) is 28.9. The molecule has 0 spiro atoms. The first-order valence-corrected chi connectivity index (χ1v) is 22.2. The Morgan fingerprint density at radius 2 is 0.767 bits per heavy atom. The Morgan fingerprint density at radius 1 is 0.466 bits per heavy atom. The molecule has 0 aliphatic heterocycles. The highest BCUT2D eigenvalue weighted by molar-refractivity contribution is 5.95. The number of benzene rings is 4. The summed E-state index contributed by atoms with van der Waals surface area (Å²) in [7, 11) is 0. The van der Waals surface area contributed by atoms with Crippen LogP contribution < -0.4 is 54.2 Å². The van der Waals surface area contributed by atoms with E-state index in [0.717, 1.165) is 0 Å². The molecule has 15 N–H and O–H groups in total. The van der Waals surface area contributed by atoms with Crippen molar-refractivity contribution in [1.82, 2.24) is 42.8 Å². The summed E-state index contributed by atoms with van der Waals surface area (Å²) < 4.78 is 31.7. The number of hydrogen-bond donors (Lipinski definition) is 13. The zero-order chi connectivity index (χ0) is 54.3. The molecule has 6 atom stereocenters. The molecule has 0 saturated carbocycles. The number of hydrazine groups is 1. The highest BCUT2D eigenvalue weighted by Gasteiger charge is 2.38. The number of nitrogens with two attached hydrogens (primary N) is 2. The van der Waals surface area contributed by atoms with Crippen LogP contribution in [0.4, 0.5) is 13.2 Å². The Balaban J connectivity index is 0.00000187. The van der Waals surface area contributed by atoms with E-state index in [1.165, 1.54) is 38.1 Å². The highest BCUT2D eigenvalue weighted by Crippen LogP contribution is 2.14. The maximum absolute atomic E-state index is 13.6. The number of carboxylic acid groups (broad SMARTS) is 1. The number of carbonyl (C=O) groups is 9. The average molecular weight is 1020 g/mol. The van der Waals surface area contributed by atoms with Gasteiger partial charge in [-0.05, 0) is 73.2 Å². The summed E-state index contributed by atoms with van der Waals surface area (Å²) in [6.07, 6.45) is -4.86. The Bertz CT molecular complexity index is 2340. The van der Waals surface area contributed by atoms with Gasteiger partial charge in [-0.25, -0.2) is 4.79 Å². The summed E-state index contributed by atoms with van der Waals surface area (Å²) >= 11 is 0. The fourth-order valence-corrected chi connectivity index (χ4v) is 6.28. The molecule has 4 aromatic carbocycles. The maximum Gasteiger partial charge on any atom is 0.490 e. The number of halogens is 3. The zero-order valence-electron chi connectivity index (χ0n) is 39.4. The number of carbonyl (C=O) groups excluding carboxylic acids is 8. The summed E-state index contributed by atoms with van der Waals surface area (Å²) in [5.74, 6) is -8.51. The lowest BCUT2D eigenvalue weighted by Crippen LogP contribution is -2.58. The number of amides is 8. The SMILES string of the molecule is C[C@@H](NC(=O)[C@@H](N)Cc1ccc(O)cc1)C(=O)NCC(=O)N[C@@H](Cc1ccccc1)C(=O)NNC(=O)[C@H](Cc1ccccc1)NC(=O)CNC(=O)[C@@H](C)NC(=O)[C@@H](N)Cc1ccc(O)cc1.O=C(O)C(F)(F)F. The minimum Gasteiger partial charge on any atom is -0.508 e. The molecule has 4 aromatic rings. The lowest BCUT2D eigenvalue weighted by molar-refractivity contribution is -0.192. The van der Waals surface area contributed by atoms with Crippen molar-refractivity contribution >= 4 is 53.2 Å². The van der Waals surface area contributed by atoms with E-state index in [9.17, 15) is 61.7 Å². The molecule has 0 heterocycles. The van der Waals surface area contributed by atoms with Gasteiger partial charge in [0.25, 0.3) is 11.8 Å². The van der Waals surface area contributed by atoms with Crippen molar-refractivity contribution in [2.75, 3.05) is 13.1 Å². The molecular weight excluding hydrogens is 966 g/mol. The van der Waals surface area contributed by atoms with Crippen LogP contribution in [-0.2, 0) is 68.8 Å². The third-order valence-corrected chi connectivity index (χ3v) is 10.2. The number of alkyl halides is 3. The first-order chi connectivity index (χ1) is 34.4. The molecule has 0 unspecified atom stereocenters. The van der Waals surface area contributed by atoms with Gasteiger partial charge in [-0.3, -0.25) is 49.2 Å². The van der Waals surface area contributed by atoms with Crippen LogP contribution >= 0.6 is 0 Å². The molecule has 25 heteroatoms. The molecule has 22 nitrogen and oxygen atoms in total. The lowest BCUT2D eigenvalue weighted by Gasteiger charge is -2.22. The van der Waals surface area contributed by atoms with Crippen molar-refractivity contribution < 1.29 is 71.6 Å². The van der Waals surface area contributed by atoms with E-state index in [-0.39, 0.29) is 37.2 Å². The molecule has 73 heavy (non-hydrogen) atoms. The topological polar surface area (TPSA) is 363 Å². The molecule has 0 aliphatic carbocycles. The Morgan fingerprint density at radius 3 is 1.07 bits per heavy atom. The summed E-state index contributed by atoms with van der Waals surface area (Å²) in [4.78, 5) is 113. The summed E-state index contributed by atoms with van der Waals surface area (Å²) in [5, 5.41) is 41.0. The third kappa shape index (κ3) is 21.9. The molecule has 0 fully saturated rings. The maximum atomic E-state index is 13.6. The number of aliphatic carboxylic acids is 1. The third-order valence-electron chi connectivity index (χ3n) is 10.2. The molecule has 392 valence electrons. The predicted molar refractivity (Wildman–Crippen MR) is 255 cm³/mol. The smallest absolute Gasteiger partial charge is 0.490 e. The van der Waals surface area contributed by atoms with Crippen LogP contribution in [0.15, 0.2) is 109 Å². The van der Waals surface area contributed by atoms with Crippen LogP contribution in [0.5, 0.6) is 11.5 Å². The van der Waals surface area contributed by atoms with Crippen molar-refractivity contribution in [3.8, 4) is 11.5 Å². The van der Waals surface area contributed by atoms with Crippen molar-refractivity contribution in [1.29, 1.82) is 0 Å². The number of phenolic OH excluding ortho intramolecular Hbond substituents is 2. The molecule has 8 amide bonds. The summed E-state index contributed by atoms with van der Waals surface area (Å²) in [5.41, 5.74) is 19.3. The number of phenols is 2. The number of aromatic hydroxyl groups is 2. The molecule has 0 aromatic heterocycles. The predicted octanol–water partition coefficient (Wildman–Crippen LogP) is -0.985. The van der Waals surface area contributed by atoms with Crippen LogP contribution in [0.3, 0.4) is 0 Å². The van der Waals surface area contributed by atoms with Gasteiger partial charge in [0.2, 0.25) is 35.4 Å². The molecule has 0 bridgehead atoms. The quantitative estimate of drug-likeness (QED) is 0.0421. The molecule has 0 saturated heterocycles. The first kappa shape index (κ1) is 58.7. The van der Waals surface area contributed by atoms with Gasteiger partial charge in [0.15, 0.2) is 0 Å². The summed E-state index contributed by atoms with van der Waals surface area (Å²) in [6, 6.07) is 22.9.